The van der Waals surface area contributed by atoms with Gasteiger partial charge in [0.05, 0.1) is 24.9 Å². The van der Waals surface area contributed by atoms with Gasteiger partial charge in [0.15, 0.2) is 5.78 Å². The molecule has 0 aromatic heterocycles. The Morgan fingerprint density at radius 2 is 1.72 bits per heavy atom. The highest BCUT2D eigenvalue weighted by atomic mass is 35.5. The summed E-state index contributed by atoms with van der Waals surface area (Å²) in [4.78, 5) is 12.2. The van der Waals surface area contributed by atoms with Crippen molar-refractivity contribution in [2.45, 2.75) is 19.8 Å². The minimum absolute atomic E-state index is 0.0821. The molecule has 2 aromatic rings. The minimum Gasteiger partial charge on any atom is -0.495 e. The molecule has 0 saturated carbocycles. The van der Waals surface area contributed by atoms with Gasteiger partial charge in [0.25, 0.3) is 0 Å². The molecule has 2 rings (SSSR count). The first-order valence-electron chi connectivity index (χ1n) is 7.95. The van der Waals surface area contributed by atoms with Crippen LogP contribution in [0.1, 0.15) is 35.7 Å². The number of ether oxygens (including phenoxy) is 2. The van der Waals surface area contributed by atoms with E-state index >= 15 is 0 Å². The molecule has 0 radical (unpaired) electrons. The van der Waals surface area contributed by atoms with E-state index in [4.69, 9.17) is 21.1 Å². The highest BCUT2D eigenvalue weighted by Gasteiger charge is 2.09. The van der Waals surface area contributed by atoms with Crippen LogP contribution in [0.5, 0.6) is 11.5 Å². The average molecular weight is 360 g/mol. The molecule has 2 aromatic carbocycles. The molecule has 0 aliphatic rings. The molecule has 0 bridgehead atoms. The van der Waals surface area contributed by atoms with E-state index in [1.54, 1.807) is 25.4 Å². The van der Waals surface area contributed by atoms with E-state index in [0.717, 1.165) is 0 Å². The fourth-order valence-corrected chi connectivity index (χ4v) is 2.55. The number of hydrogen-bond acceptors (Lipinski definition) is 4. The van der Waals surface area contributed by atoms with E-state index in [1.807, 2.05) is 24.3 Å². The van der Waals surface area contributed by atoms with Crippen LogP contribution in [0.4, 0.5) is 5.69 Å². The quantitative estimate of drug-likeness (QED) is 0.539. The topological polar surface area (TPSA) is 47.6 Å². The predicted molar refractivity (Wildman–Crippen MR) is 102 cm³/mol. The number of nitrogens with one attached hydrogen (secondary N) is 1. The smallest absolute Gasteiger partial charge is 0.187 e. The van der Waals surface area contributed by atoms with Gasteiger partial charge in [-0.3, -0.25) is 4.79 Å². The standard InChI is InChI=1S/C20H22ClNO3/c1-13(2)14-5-7-15(8-6-14)18(23)9-10-22-17-11-16(21)19(24-3)12-20(17)25-4/h5-13,22H,1-4H3/b10-9+. The van der Waals surface area contributed by atoms with Crippen molar-refractivity contribution in [2.75, 3.05) is 19.5 Å². The summed E-state index contributed by atoms with van der Waals surface area (Å²) < 4.78 is 10.5. The summed E-state index contributed by atoms with van der Waals surface area (Å²) in [6.45, 7) is 4.24. The molecule has 0 atom stereocenters. The lowest BCUT2D eigenvalue weighted by atomic mass is 10.0. The lowest BCUT2D eigenvalue weighted by Crippen LogP contribution is -1.99. The zero-order valence-corrected chi connectivity index (χ0v) is 15.6. The largest absolute Gasteiger partial charge is 0.495 e. The second-order valence-corrected chi connectivity index (χ2v) is 6.21. The number of anilines is 1. The molecule has 5 heteroatoms. The van der Waals surface area contributed by atoms with Crippen LogP contribution < -0.4 is 14.8 Å². The summed E-state index contributed by atoms with van der Waals surface area (Å²) >= 11 is 6.12. The van der Waals surface area contributed by atoms with Crippen LogP contribution in [-0.2, 0) is 0 Å². The van der Waals surface area contributed by atoms with Crippen LogP contribution in [0.2, 0.25) is 5.02 Å². The first kappa shape index (κ1) is 18.9. The Bertz CT molecular complexity index is 767. The van der Waals surface area contributed by atoms with Crippen molar-refractivity contribution in [1.82, 2.24) is 0 Å². The number of benzene rings is 2. The molecule has 0 aliphatic heterocycles. The molecule has 0 spiro atoms. The van der Waals surface area contributed by atoms with Crippen molar-refractivity contribution < 1.29 is 14.3 Å². The molecule has 25 heavy (non-hydrogen) atoms. The number of ketones is 1. The maximum atomic E-state index is 12.2. The van der Waals surface area contributed by atoms with Crippen LogP contribution in [0.15, 0.2) is 48.7 Å². The van der Waals surface area contributed by atoms with Crippen LogP contribution >= 0.6 is 11.6 Å². The predicted octanol–water partition coefficient (Wildman–Crippen LogP) is 5.29. The normalized spacial score (nSPS) is 11.0. The van der Waals surface area contributed by atoms with Crippen molar-refractivity contribution in [3.05, 3.63) is 64.8 Å². The summed E-state index contributed by atoms with van der Waals surface area (Å²) in [5.74, 6) is 1.45. The van der Waals surface area contributed by atoms with Gasteiger partial charge in [-0.2, -0.15) is 0 Å². The average Bonchev–Trinajstić information content (AvgIpc) is 2.61. The van der Waals surface area contributed by atoms with Crippen LogP contribution in [0.25, 0.3) is 0 Å². The van der Waals surface area contributed by atoms with Crippen molar-refractivity contribution in [3.63, 3.8) is 0 Å². The zero-order valence-electron chi connectivity index (χ0n) is 14.8. The van der Waals surface area contributed by atoms with Gasteiger partial charge < -0.3 is 14.8 Å². The number of carbonyl (C=O) groups excluding carboxylic acids is 1. The number of rotatable bonds is 7. The van der Waals surface area contributed by atoms with E-state index in [-0.39, 0.29) is 5.78 Å². The highest BCUT2D eigenvalue weighted by Crippen LogP contribution is 2.35. The summed E-state index contributed by atoms with van der Waals surface area (Å²) in [5.41, 5.74) is 2.49. The summed E-state index contributed by atoms with van der Waals surface area (Å²) in [6, 6.07) is 11.0. The van der Waals surface area contributed by atoms with Gasteiger partial charge in [0.2, 0.25) is 0 Å². The van der Waals surface area contributed by atoms with Crippen molar-refractivity contribution >= 4 is 23.1 Å². The van der Waals surface area contributed by atoms with Gasteiger partial charge in [-0.15, -0.1) is 0 Å². The van der Waals surface area contributed by atoms with Gasteiger partial charge >= 0.3 is 0 Å². The number of hydrogen-bond donors (Lipinski definition) is 1. The number of methoxy groups -OCH3 is 2. The first-order chi connectivity index (χ1) is 12.0. The zero-order chi connectivity index (χ0) is 18.4. The van der Waals surface area contributed by atoms with Crippen molar-refractivity contribution in [1.29, 1.82) is 0 Å². The number of halogens is 1. The SMILES string of the molecule is COc1cc(OC)c(N/C=C/C(=O)c2ccc(C(C)C)cc2)cc1Cl. The molecule has 0 fully saturated rings. The Morgan fingerprint density at radius 1 is 1.08 bits per heavy atom. The molecule has 0 amide bonds. The maximum Gasteiger partial charge on any atom is 0.187 e. The third-order valence-electron chi connectivity index (χ3n) is 3.81. The van der Waals surface area contributed by atoms with E-state index in [2.05, 4.69) is 19.2 Å². The van der Waals surface area contributed by atoms with E-state index in [9.17, 15) is 4.79 Å². The van der Waals surface area contributed by atoms with E-state index < -0.39 is 0 Å². The fraction of sp³-hybridized carbons (Fsp3) is 0.250. The summed E-state index contributed by atoms with van der Waals surface area (Å²) in [6.07, 6.45) is 3.04. The van der Waals surface area contributed by atoms with E-state index in [1.165, 1.54) is 18.7 Å². The van der Waals surface area contributed by atoms with Gasteiger partial charge in [-0.25, -0.2) is 0 Å². The van der Waals surface area contributed by atoms with Crippen molar-refractivity contribution in [2.24, 2.45) is 0 Å². The molecule has 1 N–H and O–H groups in total. The minimum atomic E-state index is -0.0821. The monoisotopic (exact) mass is 359 g/mol. The van der Waals surface area contributed by atoms with E-state index in [0.29, 0.717) is 33.7 Å². The lowest BCUT2D eigenvalue weighted by molar-refractivity contribution is 0.104. The van der Waals surface area contributed by atoms with Crippen LogP contribution in [0, 0.1) is 0 Å². The molecular weight excluding hydrogens is 338 g/mol. The third-order valence-corrected chi connectivity index (χ3v) is 4.10. The molecular formula is C20H22ClNO3. The second-order valence-electron chi connectivity index (χ2n) is 5.81. The Balaban J connectivity index is 2.10. The molecule has 0 aliphatic carbocycles. The van der Waals surface area contributed by atoms with Gasteiger partial charge in [-0.1, -0.05) is 49.7 Å². The molecule has 0 saturated heterocycles. The third kappa shape index (κ3) is 4.77. The Hall–Kier alpha value is -2.46. The summed E-state index contributed by atoms with van der Waals surface area (Å²) in [7, 11) is 3.09. The summed E-state index contributed by atoms with van der Waals surface area (Å²) in [5, 5.41) is 3.47. The van der Waals surface area contributed by atoms with Gasteiger partial charge in [-0.05, 0) is 17.5 Å². The lowest BCUT2D eigenvalue weighted by Gasteiger charge is -2.11. The Labute approximate surface area is 153 Å². The number of carbonyl (C=O) groups is 1. The maximum absolute atomic E-state index is 12.2. The van der Waals surface area contributed by atoms with Crippen molar-refractivity contribution in [3.8, 4) is 11.5 Å². The fourth-order valence-electron chi connectivity index (χ4n) is 2.31. The van der Waals surface area contributed by atoms with Crippen LogP contribution in [-0.4, -0.2) is 20.0 Å². The molecule has 0 heterocycles. The van der Waals surface area contributed by atoms with Gasteiger partial charge in [0, 0.05) is 23.9 Å². The molecule has 4 nitrogen and oxygen atoms in total. The first-order valence-corrected chi connectivity index (χ1v) is 8.33. The Morgan fingerprint density at radius 3 is 2.28 bits per heavy atom. The highest BCUT2D eigenvalue weighted by molar-refractivity contribution is 6.32. The van der Waals surface area contributed by atoms with Gasteiger partial charge in [0.1, 0.15) is 11.5 Å². The van der Waals surface area contributed by atoms with Crippen LogP contribution in [0.3, 0.4) is 0 Å². The second kappa shape index (κ2) is 8.58. The molecule has 0 unspecified atom stereocenters. The molecule has 132 valence electrons. The Kier molecular flexibility index (Phi) is 6.48. The number of allylic oxidation sites excluding steroid dienone is 1.